The van der Waals surface area contributed by atoms with Crippen LogP contribution in [0.5, 0.6) is 0 Å². The van der Waals surface area contributed by atoms with Crippen molar-refractivity contribution in [2.24, 2.45) is 0 Å². The molecule has 2 aromatic carbocycles. The minimum absolute atomic E-state index is 0.112. The van der Waals surface area contributed by atoms with Gasteiger partial charge in [0.25, 0.3) is 0 Å². The second-order valence-electron chi connectivity index (χ2n) is 4.54. The molecule has 0 saturated heterocycles. The third-order valence-corrected chi connectivity index (χ3v) is 4.37. The monoisotopic (exact) mass is 323 g/mol. The molecule has 1 N–H and O–H groups in total. The summed E-state index contributed by atoms with van der Waals surface area (Å²) in [4.78, 5) is 11.9. The van der Waals surface area contributed by atoms with E-state index in [0.717, 1.165) is 5.56 Å². The molecule has 1 amide bonds. The maximum absolute atomic E-state index is 13.5. The number of hydrogen-bond donors (Lipinski definition) is 1. The highest BCUT2D eigenvalue weighted by Gasteiger charge is 2.11. The van der Waals surface area contributed by atoms with E-state index in [4.69, 9.17) is 11.6 Å². The number of amides is 1. The molecule has 21 heavy (non-hydrogen) atoms. The second kappa shape index (κ2) is 7.48. The van der Waals surface area contributed by atoms with Crippen LogP contribution in [0.1, 0.15) is 17.7 Å². The minimum Gasteiger partial charge on any atom is -0.323 e. The van der Waals surface area contributed by atoms with Crippen molar-refractivity contribution in [1.29, 1.82) is 0 Å². The van der Waals surface area contributed by atoms with E-state index in [1.807, 2.05) is 37.3 Å². The van der Waals surface area contributed by atoms with Gasteiger partial charge in [-0.3, -0.25) is 4.79 Å². The molecular formula is C16H15ClFNOS. The van der Waals surface area contributed by atoms with Gasteiger partial charge in [0.05, 0.1) is 11.4 Å². The molecule has 0 fully saturated rings. The lowest BCUT2D eigenvalue weighted by atomic mass is 10.2. The van der Waals surface area contributed by atoms with Gasteiger partial charge in [0.2, 0.25) is 5.91 Å². The number of rotatable bonds is 5. The molecule has 110 valence electrons. The molecule has 2 rings (SSSR count). The number of anilines is 1. The van der Waals surface area contributed by atoms with E-state index in [9.17, 15) is 9.18 Å². The van der Waals surface area contributed by atoms with Crippen LogP contribution in [0.4, 0.5) is 10.1 Å². The average Bonchev–Trinajstić information content (AvgIpc) is 2.49. The fourth-order valence-electron chi connectivity index (χ4n) is 1.80. The Bertz CT molecular complexity index is 621. The Balaban J connectivity index is 1.89. The van der Waals surface area contributed by atoms with E-state index < -0.39 is 5.82 Å². The molecule has 1 atom stereocenters. The van der Waals surface area contributed by atoms with Gasteiger partial charge in [-0.1, -0.05) is 41.9 Å². The number of hydrogen-bond acceptors (Lipinski definition) is 2. The van der Waals surface area contributed by atoms with Crippen LogP contribution in [-0.2, 0) is 4.79 Å². The third-order valence-electron chi connectivity index (χ3n) is 2.94. The van der Waals surface area contributed by atoms with E-state index in [1.54, 1.807) is 0 Å². The van der Waals surface area contributed by atoms with E-state index in [0.29, 0.717) is 5.02 Å². The molecule has 5 heteroatoms. The highest BCUT2D eigenvalue weighted by Crippen LogP contribution is 2.28. The summed E-state index contributed by atoms with van der Waals surface area (Å²) >= 11 is 7.28. The maximum atomic E-state index is 13.5. The zero-order chi connectivity index (χ0) is 15.2. The van der Waals surface area contributed by atoms with Crippen LogP contribution in [0.25, 0.3) is 0 Å². The zero-order valence-electron chi connectivity index (χ0n) is 11.5. The van der Waals surface area contributed by atoms with Gasteiger partial charge >= 0.3 is 0 Å². The summed E-state index contributed by atoms with van der Waals surface area (Å²) in [6.07, 6.45) is 0. The summed E-state index contributed by atoms with van der Waals surface area (Å²) in [5.41, 5.74) is 1.27. The van der Waals surface area contributed by atoms with Crippen molar-refractivity contribution < 1.29 is 9.18 Å². The van der Waals surface area contributed by atoms with Gasteiger partial charge in [0, 0.05) is 10.3 Å². The van der Waals surface area contributed by atoms with Crippen LogP contribution in [0.15, 0.2) is 48.5 Å². The van der Waals surface area contributed by atoms with Gasteiger partial charge in [-0.2, -0.15) is 0 Å². The molecule has 0 bridgehead atoms. The smallest absolute Gasteiger partial charge is 0.234 e. The lowest BCUT2D eigenvalue weighted by Gasteiger charge is -2.12. The van der Waals surface area contributed by atoms with Crippen LogP contribution < -0.4 is 5.32 Å². The quantitative estimate of drug-likeness (QED) is 0.846. The largest absolute Gasteiger partial charge is 0.323 e. The Labute approximate surface area is 132 Å². The van der Waals surface area contributed by atoms with Crippen LogP contribution in [0.3, 0.4) is 0 Å². The van der Waals surface area contributed by atoms with Gasteiger partial charge in [0.1, 0.15) is 5.82 Å². The zero-order valence-corrected chi connectivity index (χ0v) is 13.0. The molecule has 0 aliphatic rings. The highest BCUT2D eigenvalue weighted by molar-refractivity contribution is 8.00. The van der Waals surface area contributed by atoms with Gasteiger partial charge in [0.15, 0.2) is 0 Å². The lowest BCUT2D eigenvalue weighted by molar-refractivity contribution is -0.113. The van der Waals surface area contributed by atoms with Crippen LogP contribution in [0.2, 0.25) is 5.02 Å². The Morgan fingerprint density at radius 2 is 2.00 bits per heavy atom. The Kier molecular flexibility index (Phi) is 5.65. The second-order valence-corrected chi connectivity index (χ2v) is 6.30. The fourth-order valence-corrected chi connectivity index (χ4v) is 2.80. The number of benzene rings is 2. The molecule has 2 nitrogen and oxygen atoms in total. The molecule has 0 saturated carbocycles. The molecule has 0 heterocycles. The number of halogens is 2. The first-order valence-electron chi connectivity index (χ1n) is 6.47. The SMILES string of the molecule is C[C@H](SCC(=O)Nc1cc(Cl)ccc1F)c1ccccc1. The first kappa shape index (κ1) is 15.9. The lowest BCUT2D eigenvalue weighted by Crippen LogP contribution is -2.15. The molecular weight excluding hydrogens is 309 g/mol. The highest BCUT2D eigenvalue weighted by atomic mass is 35.5. The molecule has 0 aliphatic heterocycles. The molecule has 0 radical (unpaired) electrons. The number of thioether (sulfide) groups is 1. The van der Waals surface area contributed by atoms with Crippen molar-refractivity contribution in [2.75, 3.05) is 11.1 Å². The van der Waals surface area contributed by atoms with Crippen LogP contribution in [0, 0.1) is 5.82 Å². The van der Waals surface area contributed by atoms with Crippen LogP contribution >= 0.6 is 23.4 Å². The standard InChI is InChI=1S/C16H15ClFNOS/c1-11(12-5-3-2-4-6-12)21-10-16(20)19-15-9-13(17)7-8-14(15)18/h2-9,11H,10H2,1H3,(H,19,20)/t11-/m0/s1. The van der Waals surface area contributed by atoms with Gasteiger partial charge in [-0.25, -0.2) is 4.39 Å². The first-order chi connectivity index (χ1) is 10.1. The number of carbonyl (C=O) groups excluding carboxylic acids is 1. The van der Waals surface area contributed by atoms with Crippen LogP contribution in [-0.4, -0.2) is 11.7 Å². The van der Waals surface area contributed by atoms with E-state index in [2.05, 4.69) is 5.32 Å². The topological polar surface area (TPSA) is 29.1 Å². The molecule has 0 aromatic heterocycles. The van der Waals surface area contributed by atoms with E-state index in [1.165, 1.54) is 30.0 Å². The predicted molar refractivity (Wildman–Crippen MR) is 87.4 cm³/mol. The summed E-state index contributed by atoms with van der Waals surface area (Å²) < 4.78 is 13.5. The summed E-state index contributed by atoms with van der Waals surface area (Å²) in [6.45, 7) is 2.03. The Morgan fingerprint density at radius 3 is 2.71 bits per heavy atom. The van der Waals surface area contributed by atoms with Crippen molar-refractivity contribution >= 4 is 35.0 Å². The average molecular weight is 324 g/mol. The Morgan fingerprint density at radius 1 is 1.29 bits per heavy atom. The Hall–Kier alpha value is -1.52. The minimum atomic E-state index is -0.492. The van der Waals surface area contributed by atoms with Gasteiger partial charge in [-0.15, -0.1) is 11.8 Å². The summed E-state index contributed by atoms with van der Waals surface area (Å²) in [5, 5.41) is 3.12. The van der Waals surface area contributed by atoms with Crippen molar-refractivity contribution in [1.82, 2.24) is 0 Å². The summed E-state index contributed by atoms with van der Waals surface area (Å²) in [6, 6.07) is 14.0. The molecule has 0 spiro atoms. The first-order valence-corrected chi connectivity index (χ1v) is 7.90. The van der Waals surface area contributed by atoms with Crippen molar-refractivity contribution in [2.45, 2.75) is 12.2 Å². The fraction of sp³-hybridized carbons (Fsp3) is 0.188. The van der Waals surface area contributed by atoms with Crippen molar-refractivity contribution in [3.05, 3.63) is 64.9 Å². The number of carbonyl (C=O) groups is 1. The van der Waals surface area contributed by atoms with E-state index in [-0.39, 0.29) is 22.6 Å². The summed E-state index contributed by atoms with van der Waals surface area (Å²) in [7, 11) is 0. The number of nitrogens with one attached hydrogen (secondary N) is 1. The maximum Gasteiger partial charge on any atom is 0.234 e. The van der Waals surface area contributed by atoms with Crippen molar-refractivity contribution in [3.63, 3.8) is 0 Å². The molecule has 0 aliphatic carbocycles. The normalized spacial score (nSPS) is 12.0. The third kappa shape index (κ3) is 4.76. The predicted octanol–water partition coefficient (Wildman–Crippen LogP) is 4.91. The van der Waals surface area contributed by atoms with Gasteiger partial charge in [-0.05, 0) is 30.7 Å². The molecule has 0 unspecified atom stereocenters. The van der Waals surface area contributed by atoms with Crippen molar-refractivity contribution in [3.8, 4) is 0 Å². The van der Waals surface area contributed by atoms with E-state index >= 15 is 0 Å². The van der Waals surface area contributed by atoms with Gasteiger partial charge < -0.3 is 5.32 Å². The summed E-state index contributed by atoms with van der Waals surface area (Å²) in [5.74, 6) is -0.486. The molecule has 2 aromatic rings.